The van der Waals surface area contributed by atoms with Crippen molar-refractivity contribution in [2.75, 3.05) is 20.8 Å². The van der Waals surface area contributed by atoms with Crippen molar-refractivity contribution in [1.82, 2.24) is 5.32 Å². The summed E-state index contributed by atoms with van der Waals surface area (Å²) in [6.45, 7) is 4.58. The van der Waals surface area contributed by atoms with Gasteiger partial charge < -0.3 is 14.4 Å². The molecule has 1 N–H and O–H groups in total. The normalized spacial score (nSPS) is 20.5. The molecule has 1 aromatic carbocycles. The molecule has 6 heteroatoms. The van der Waals surface area contributed by atoms with E-state index in [-0.39, 0.29) is 0 Å². The molecule has 2 rings (SSSR count). The maximum atomic E-state index is 12.7. The first-order valence-electron chi connectivity index (χ1n) is 6.86. The van der Waals surface area contributed by atoms with Gasteiger partial charge in [-0.2, -0.15) is 0 Å². The van der Waals surface area contributed by atoms with Gasteiger partial charge in [0.2, 0.25) is 0 Å². The van der Waals surface area contributed by atoms with E-state index >= 15 is 0 Å². The van der Waals surface area contributed by atoms with Crippen LogP contribution in [-0.2, 0) is 13.6 Å². The maximum absolute atomic E-state index is 12.7. The predicted octanol–water partition coefficient (Wildman–Crippen LogP) is 3.27. The molecule has 1 aliphatic heterocycles. The van der Waals surface area contributed by atoms with Gasteiger partial charge in [-0.3, -0.25) is 9.56 Å². The fourth-order valence-corrected chi connectivity index (χ4v) is 3.67. The maximum Gasteiger partial charge on any atom is 0.356 e. The Balaban J connectivity index is 2.56. The summed E-state index contributed by atoms with van der Waals surface area (Å²) in [7, 11) is -0.494. The van der Waals surface area contributed by atoms with E-state index in [1.807, 2.05) is 44.2 Å². The molecule has 5 nitrogen and oxygen atoms in total. The molecule has 0 saturated heterocycles. The molecule has 1 unspecified atom stereocenters. The lowest BCUT2D eigenvalue weighted by molar-refractivity contribution is 0.268. The molecule has 1 aliphatic rings. The Labute approximate surface area is 125 Å². The third-order valence-corrected chi connectivity index (χ3v) is 5.44. The number of hydrogen-bond donors (Lipinski definition) is 1. The average Bonchev–Trinajstić information content (AvgIpc) is 2.65. The minimum atomic E-state index is -3.28. The highest BCUT2D eigenvalue weighted by molar-refractivity contribution is 7.54. The topological polar surface area (TPSA) is 59.9 Å². The van der Waals surface area contributed by atoms with Crippen molar-refractivity contribution in [1.29, 1.82) is 0 Å². The van der Waals surface area contributed by atoms with Gasteiger partial charge in [0.15, 0.2) is 0 Å². The summed E-state index contributed by atoms with van der Waals surface area (Å²) in [4.78, 5) is 4.49. The molecule has 1 heterocycles. The number of aliphatic imine (C=N–C) groups is 1. The molecule has 0 amide bonds. The molecule has 1 aromatic rings. The van der Waals surface area contributed by atoms with Crippen LogP contribution in [0.25, 0.3) is 5.57 Å². The van der Waals surface area contributed by atoms with Crippen LogP contribution < -0.4 is 5.32 Å². The van der Waals surface area contributed by atoms with Gasteiger partial charge in [-0.05, 0) is 31.1 Å². The molecular formula is C15H21N2O3P. The lowest BCUT2D eigenvalue weighted by atomic mass is 10.0. The number of nitrogens with zero attached hydrogens (tertiary/aromatic N) is 1. The van der Waals surface area contributed by atoms with E-state index in [0.717, 1.165) is 16.7 Å². The Morgan fingerprint density at radius 3 is 2.43 bits per heavy atom. The molecule has 0 radical (unpaired) electrons. The molecule has 0 aliphatic carbocycles. The Morgan fingerprint density at radius 2 is 1.86 bits per heavy atom. The second-order valence-corrected chi connectivity index (χ2v) is 7.08. The summed E-state index contributed by atoms with van der Waals surface area (Å²) >= 11 is 0. The summed E-state index contributed by atoms with van der Waals surface area (Å²) in [5.41, 5.74) is 3.08. The van der Waals surface area contributed by atoms with Crippen molar-refractivity contribution in [2.45, 2.75) is 19.6 Å². The molecule has 0 aromatic heterocycles. The standard InChI is InChI=1S/C15H21N2O3P/c1-5-16-15-13-9-7-6-8-12(13)11(2)10-14(17-15)21(18,19-3)20-4/h6-10,14H,5H2,1-4H3,(H,16,17). The van der Waals surface area contributed by atoms with Crippen molar-refractivity contribution in [3.8, 4) is 0 Å². The van der Waals surface area contributed by atoms with Crippen LogP contribution in [0, 0.1) is 0 Å². The number of allylic oxidation sites excluding steroid dienone is 1. The summed E-state index contributed by atoms with van der Waals surface area (Å²) in [6.07, 6.45) is 1.88. The van der Waals surface area contributed by atoms with Gasteiger partial charge in [0.05, 0.1) is 0 Å². The molecule has 0 saturated carbocycles. The zero-order valence-corrected chi connectivity index (χ0v) is 13.7. The van der Waals surface area contributed by atoms with E-state index in [0.29, 0.717) is 12.4 Å². The smallest absolute Gasteiger partial charge is 0.353 e. The molecule has 0 bridgehead atoms. The molecule has 114 valence electrons. The number of fused-ring (bicyclic) bond motifs is 1. The zero-order valence-electron chi connectivity index (χ0n) is 12.8. The van der Waals surface area contributed by atoms with Crippen LogP contribution in [0.5, 0.6) is 0 Å². The Bertz CT molecular complexity index is 617. The van der Waals surface area contributed by atoms with Crippen molar-refractivity contribution < 1.29 is 13.6 Å². The third-order valence-electron chi connectivity index (χ3n) is 3.47. The van der Waals surface area contributed by atoms with Crippen LogP contribution in [-0.4, -0.2) is 32.4 Å². The Kier molecular flexibility index (Phi) is 4.99. The van der Waals surface area contributed by atoms with E-state index in [1.165, 1.54) is 14.2 Å². The van der Waals surface area contributed by atoms with E-state index in [2.05, 4.69) is 10.3 Å². The van der Waals surface area contributed by atoms with Crippen LogP contribution in [0.15, 0.2) is 35.3 Å². The summed E-state index contributed by atoms with van der Waals surface area (Å²) in [5.74, 6) is 0.144. The van der Waals surface area contributed by atoms with Crippen LogP contribution in [0.1, 0.15) is 25.0 Å². The highest BCUT2D eigenvalue weighted by Crippen LogP contribution is 2.52. The summed E-state index contributed by atoms with van der Waals surface area (Å²) < 4.78 is 23.0. The Hall–Kier alpha value is -1.42. The predicted molar refractivity (Wildman–Crippen MR) is 85.7 cm³/mol. The number of rotatable bonds is 4. The SMILES string of the molecule is CCN=C1NC(P(=O)(OC)OC)C=C(C)c2ccccc21. The molecule has 1 atom stereocenters. The fourth-order valence-electron chi connectivity index (χ4n) is 2.38. The van der Waals surface area contributed by atoms with E-state index in [1.54, 1.807) is 0 Å². The minimum Gasteiger partial charge on any atom is -0.353 e. The lowest BCUT2D eigenvalue weighted by Crippen LogP contribution is -2.34. The van der Waals surface area contributed by atoms with Gasteiger partial charge in [0, 0.05) is 26.3 Å². The van der Waals surface area contributed by atoms with E-state index < -0.39 is 13.4 Å². The number of amidine groups is 1. The van der Waals surface area contributed by atoms with E-state index in [4.69, 9.17) is 9.05 Å². The molecular weight excluding hydrogens is 287 g/mol. The van der Waals surface area contributed by atoms with Crippen molar-refractivity contribution in [3.63, 3.8) is 0 Å². The summed E-state index contributed by atoms with van der Waals surface area (Å²) in [5, 5.41) is 3.21. The first-order chi connectivity index (χ1) is 10.1. The van der Waals surface area contributed by atoms with Crippen LogP contribution >= 0.6 is 7.60 Å². The highest BCUT2D eigenvalue weighted by atomic mass is 31.2. The molecule has 0 spiro atoms. The van der Waals surface area contributed by atoms with Gasteiger partial charge in [-0.25, -0.2) is 0 Å². The average molecular weight is 308 g/mol. The van der Waals surface area contributed by atoms with Gasteiger partial charge in [0.1, 0.15) is 11.6 Å². The van der Waals surface area contributed by atoms with Crippen molar-refractivity contribution >= 4 is 19.0 Å². The quantitative estimate of drug-likeness (QED) is 0.867. The Morgan fingerprint density at radius 1 is 1.24 bits per heavy atom. The number of nitrogens with one attached hydrogen (secondary N) is 1. The zero-order chi connectivity index (χ0) is 15.5. The largest absolute Gasteiger partial charge is 0.356 e. The molecule has 0 fully saturated rings. The monoisotopic (exact) mass is 308 g/mol. The lowest BCUT2D eigenvalue weighted by Gasteiger charge is -2.23. The van der Waals surface area contributed by atoms with E-state index in [9.17, 15) is 4.57 Å². The first-order valence-corrected chi connectivity index (χ1v) is 8.47. The van der Waals surface area contributed by atoms with Crippen LogP contribution in [0.3, 0.4) is 0 Å². The van der Waals surface area contributed by atoms with Crippen molar-refractivity contribution in [2.24, 2.45) is 4.99 Å². The van der Waals surface area contributed by atoms with Crippen LogP contribution in [0.4, 0.5) is 0 Å². The highest BCUT2D eigenvalue weighted by Gasteiger charge is 2.35. The van der Waals surface area contributed by atoms with Gasteiger partial charge in [-0.1, -0.05) is 24.3 Å². The van der Waals surface area contributed by atoms with Gasteiger partial charge in [-0.15, -0.1) is 0 Å². The first kappa shape index (κ1) is 16.0. The summed E-state index contributed by atoms with van der Waals surface area (Å²) in [6, 6.07) is 7.97. The number of benzene rings is 1. The third kappa shape index (κ3) is 3.10. The van der Waals surface area contributed by atoms with Crippen LogP contribution in [0.2, 0.25) is 0 Å². The van der Waals surface area contributed by atoms with Gasteiger partial charge in [0.25, 0.3) is 0 Å². The second-order valence-electron chi connectivity index (χ2n) is 4.71. The van der Waals surface area contributed by atoms with Gasteiger partial charge >= 0.3 is 7.60 Å². The number of hydrogen-bond acceptors (Lipinski definition) is 4. The minimum absolute atomic E-state index is 0.565. The van der Waals surface area contributed by atoms with Crippen molar-refractivity contribution in [3.05, 3.63) is 41.5 Å². The fraction of sp³-hybridized carbons (Fsp3) is 0.400. The molecule has 21 heavy (non-hydrogen) atoms. The second kappa shape index (κ2) is 6.56.